The fourth-order valence-electron chi connectivity index (χ4n) is 3.19. The molecule has 20 heavy (non-hydrogen) atoms. The van der Waals surface area contributed by atoms with E-state index in [0.29, 0.717) is 12.1 Å². The Bertz CT molecular complexity index is 453. The van der Waals surface area contributed by atoms with Gasteiger partial charge in [-0.25, -0.2) is 0 Å². The lowest BCUT2D eigenvalue weighted by molar-refractivity contribution is 0.106. The van der Waals surface area contributed by atoms with Gasteiger partial charge in [0.05, 0.1) is 0 Å². The number of hydrogen-bond donors (Lipinski definition) is 1. The van der Waals surface area contributed by atoms with Gasteiger partial charge in [-0.05, 0) is 37.3 Å². The van der Waals surface area contributed by atoms with Gasteiger partial charge in [-0.3, -0.25) is 4.90 Å². The van der Waals surface area contributed by atoms with Gasteiger partial charge >= 0.3 is 0 Å². The van der Waals surface area contributed by atoms with Crippen molar-refractivity contribution in [3.05, 3.63) is 33.8 Å². The first kappa shape index (κ1) is 14.6. The van der Waals surface area contributed by atoms with Crippen LogP contribution < -0.4 is 5.32 Å². The van der Waals surface area contributed by atoms with E-state index in [1.807, 2.05) is 18.2 Å². The first-order valence-corrected chi connectivity index (χ1v) is 8.35. The fraction of sp³-hybridized carbons (Fsp3) is 0.625. The van der Waals surface area contributed by atoms with E-state index in [0.717, 1.165) is 41.2 Å². The highest BCUT2D eigenvalue weighted by molar-refractivity contribution is 6.35. The summed E-state index contributed by atoms with van der Waals surface area (Å²) in [5, 5.41) is 5.26. The van der Waals surface area contributed by atoms with Crippen LogP contribution in [-0.2, 0) is 6.54 Å². The van der Waals surface area contributed by atoms with Crippen molar-refractivity contribution in [3.8, 4) is 0 Å². The molecule has 0 radical (unpaired) electrons. The van der Waals surface area contributed by atoms with Crippen LogP contribution in [-0.4, -0.2) is 30.1 Å². The molecule has 2 atom stereocenters. The standard InChI is InChI=1S/C16H22Cl2N2/c1-2-12-9-20(16(8-19-12)11-6-7-11)10-13-14(17)4-3-5-15(13)18/h3-5,11-12,16,19H,2,6-10H2,1H3. The van der Waals surface area contributed by atoms with Gasteiger partial charge in [-0.1, -0.05) is 36.2 Å². The highest BCUT2D eigenvalue weighted by atomic mass is 35.5. The predicted molar refractivity (Wildman–Crippen MR) is 85.5 cm³/mol. The summed E-state index contributed by atoms with van der Waals surface area (Å²) in [5.74, 6) is 0.863. The average Bonchev–Trinajstić information content (AvgIpc) is 3.27. The third kappa shape index (κ3) is 3.14. The molecule has 3 rings (SSSR count). The molecular weight excluding hydrogens is 291 g/mol. The van der Waals surface area contributed by atoms with E-state index < -0.39 is 0 Å². The lowest BCUT2D eigenvalue weighted by atomic mass is 10.0. The van der Waals surface area contributed by atoms with Gasteiger partial charge in [0, 0.05) is 47.3 Å². The topological polar surface area (TPSA) is 15.3 Å². The second-order valence-electron chi connectivity index (χ2n) is 6.05. The number of halogens is 2. The maximum absolute atomic E-state index is 6.34. The normalized spacial score (nSPS) is 27.8. The van der Waals surface area contributed by atoms with Gasteiger partial charge in [0.15, 0.2) is 0 Å². The Balaban J connectivity index is 1.78. The molecule has 4 heteroatoms. The fourth-order valence-corrected chi connectivity index (χ4v) is 3.70. The third-order valence-electron chi connectivity index (χ3n) is 4.62. The van der Waals surface area contributed by atoms with Crippen LogP contribution in [0.2, 0.25) is 10.0 Å². The van der Waals surface area contributed by atoms with Crippen LogP contribution in [0.1, 0.15) is 31.7 Å². The lowest BCUT2D eigenvalue weighted by Crippen LogP contribution is -2.56. The molecule has 0 amide bonds. The first-order chi connectivity index (χ1) is 9.69. The Morgan fingerprint density at radius 2 is 1.95 bits per heavy atom. The zero-order valence-corrected chi connectivity index (χ0v) is 13.4. The quantitative estimate of drug-likeness (QED) is 0.905. The van der Waals surface area contributed by atoms with Crippen LogP contribution in [0.3, 0.4) is 0 Å². The van der Waals surface area contributed by atoms with E-state index in [9.17, 15) is 0 Å². The molecule has 2 fully saturated rings. The summed E-state index contributed by atoms with van der Waals surface area (Å²) in [7, 11) is 0. The lowest BCUT2D eigenvalue weighted by Gasteiger charge is -2.41. The largest absolute Gasteiger partial charge is 0.311 e. The van der Waals surface area contributed by atoms with E-state index in [1.165, 1.54) is 19.3 Å². The van der Waals surface area contributed by atoms with Crippen LogP contribution in [0, 0.1) is 5.92 Å². The SMILES string of the molecule is CCC1CN(Cc2c(Cl)cccc2Cl)C(C2CC2)CN1. The molecular formula is C16H22Cl2N2. The highest BCUT2D eigenvalue weighted by Crippen LogP contribution is 2.38. The van der Waals surface area contributed by atoms with Gasteiger partial charge in [-0.15, -0.1) is 0 Å². The summed E-state index contributed by atoms with van der Waals surface area (Å²) in [6.07, 6.45) is 3.91. The van der Waals surface area contributed by atoms with Gasteiger partial charge in [-0.2, -0.15) is 0 Å². The number of piperazine rings is 1. The summed E-state index contributed by atoms with van der Waals surface area (Å²) >= 11 is 12.7. The molecule has 2 nitrogen and oxygen atoms in total. The summed E-state index contributed by atoms with van der Waals surface area (Å²) < 4.78 is 0. The summed E-state index contributed by atoms with van der Waals surface area (Å²) in [6, 6.07) is 7.03. The molecule has 0 spiro atoms. The molecule has 0 bridgehead atoms. The van der Waals surface area contributed by atoms with Crippen LogP contribution in [0.25, 0.3) is 0 Å². The van der Waals surface area contributed by atoms with E-state index in [4.69, 9.17) is 23.2 Å². The molecule has 1 saturated heterocycles. The Kier molecular flexibility index (Phi) is 4.56. The number of rotatable bonds is 4. The summed E-state index contributed by atoms with van der Waals surface area (Å²) in [4.78, 5) is 2.59. The van der Waals surface area contributed by atoms with Crippen molar-refractivity contribution in [3.63, 3.8) is 0 Å². The van der Waals surface area contributed by atoms with Gasteiger partial charge < -0.3 is 5.32 Å². The monoisotopic (exact) mass is 312 g/mol. The minimum atomic E-state index is 0.589. The number of nitrogens with zero attached hydrogens (tertiary/aromatic N) is 1. The molecule has 0 aromatic heterocycles. The smallest absolute Gasteiger partial charge is 0.0465 e. The molecule has 1 aromatic carbocycles. The highest BCUT2D eigenvalue weighted by Gasteiger charge is 2.38. The molecule has 1 aromatic rings. The van der Waals surface area contributed by atoms with Crippen LogP contribution in [0.5, 0.6) is 0 Å². The van der Waals surface area contributed by atoms with Crippen LogP contribution >= 0.6 is 23.2 Å². The van der Waals surface area contributed by atoms with Crippen molar-refractivity contribution >= 4 is 23.2 Å². The number of hydrogen-bond acceptors (Lipinski definition) is 2. The molecule has 1 N–H and O–H groups in total. The van der Waals surface area contributed by atoms with Crippen molar-refractivity contribution < 1.29 is 0 Å². The first-order valence-electron chi connectivity index (χ1n) is 7.59. The van der Waals surface area contributed by atoms with Gasteiger partial charge in [0.2, 0.25) is 0 Å². The van der Waals surface area contributed by atoms with Crippen molar-refractivity contribution in [1.82, 2.24) is 10.2 Å². The predicted octanol–water partition coefficient (Wildman–Crippen LogP) is 3.96. The molecule has 1 aliphatic carbocycles. The van der Waals surface area contributed by atoms with E-state index in [1.54, 1.807) is 0 Å². The summed E-state index contributed by atoms with van der Waals surface area (Å²) in [6.45, 7) is 5.32. The zero-order valence-electron chi connectivity index (χ0n) is 11.9. The molecule has 2 aliphatic rings. The Labute approximate surface area is 131 Å². The number of benzene rings is 1. The molecule has 1 aliphatic heterocycles. The molecule has 110 valence electrons. The Morgan fingerprint density at radius 1 is 1.25 bits per heavy atom. The maximum atomic E-state index is 6.34. The van der Waals surface area contributed by atoms with Crippen molar-refractivity contribution in [2.24, 2.45) is 5.92 Å². The molecule has 1 saturated carbocycles. The third-order valence-corrected chi connectivity index (χ3v) is 5.33. The maximum Gasteiger partial charge on any atom is 0.0465 e. The minimum Gasteiger partial charge on any atom is -0.311 e. The average molecular weight is 313 g/mol. The Hall–Kier alpha value is -0.280. The van der Waals surface area contributed by atoms with Gasteiger partial charge in [0.1, 0.15) is 0 Å². The van der Waals surface area contributed by atoms with Crippen molar-refractivity contribution in [2.75, 3.05) is 13.1 Å². The van der Waals surface area contributed by atoms with Crippen molar-refractivity contribution in [1.29, 1.82) is 0 Å². The molecule has 1 heterocycles. The second-order valence-corrected chi connectivity index (χ2v) is 6.86. The molecule has 2 unspecified atom stereocenters. The number of nitrogens with one attached hydrogen (secondary N) is 1. The van der Waals surface area contributed by atoms with E-state index in [2.05, 4.69) is 17.1 Å². The Morgan fingerprint density at radius 3 is 2.55 bits per heavy atom. The zero-order chi connectivity index (χ0) is 14.1. The van der Waals surface area contributed by atoms with Gasteiger partial charge in [0.25, 0.3) is 0 Å². The summed E-state index contributed by atoms with van der Waals surface area (Å²) in [5.41, 5.74) is 1.08. The van der Waals surface area contributed by atoms with Crippen LogP contribution in [0.4, 0.5) is 0 Å². The van der Waals surface area contributed by atoms with E-state index >= 15 is 0 Å². The van der Waals surface area contributed by atoms with E-state index in [-0.39, 0.29) is 0 Å². The van der Waals surface area contributed by atoms with Crippen molar-refractivity contribution in [2.45, 2.75) is 44.8 Å². The second kappa shape index (κ2) is 6.23. The minimum absolute atomic E-state index is 0.589. The van der Waals surface area contributed by atoms with Crippen LogP contribution in [0.15, 0.2) is 18.2 Å².